The molecule has 0 aliphatic carbocycles. The molecule has 2 unspecified atom stereocenters. The zero-order valence-electron chi connectivity index (χ0n) is 11.4. The van der Waals surface area contributed by atoms with Crippen LogP contribution in [0.2, 0.25) is 0 Å². The quantitative estimate of drug-likeness (QED) is 0.836. The first kappa shape index (κ1) is 15.5. The van der Waals surface area contributed by atoms with Gasteiger partial charge in [0, 0.05) is 6.42 Å². The molecule has 2 rings (SSSR count). The van der Waals surface area contributed by atoms with Gasteiger partial charge in [0.15, 0.2) is 15.9 Å². The molecule has 1 fully saturated rings. The molecule has 1 aliphatic heterocycles. The summed E-state index contributed by atoms with van der Waals surface area (Å²) in [6.07, 6.45) is 0.495. The summed E-state index contributed by atoms with van der Waals surface area (Å²) in [4.78, 5) is 23.2. The molecular formula is C14H17NO5S. The van der Waals surface area contributed by atoms with Crippen LogP contribution in [0, 0.1) is 5.92 Å². The van der Waals surface area contributed by atoms with Crippen molar-refractivity contribution in [2.24, 2.45) is 5.92 Å². The maximum absolute atomic E-state index is 11.9. The monoisotopic (exact) mass is 311 g/mol. The highest BCUT2D eigenvalue weighted by Crippen LogP contribution is 2.22. The Morgan fingerprint density at radius 1 is 1.29 bits per heavy atom. The lowest BCUT2D eigenvalue weighted by Gasteiger charge is -2.16. The smallest absolute Gasteiger partial charge is 0.330 e. The van der Waals surface area contributed by atoms with Crippen molar-refractivity contribution in [3.8, 4) is 0 Å². The van der Waals surface area contributed by atoms with Crippen molar-refractivity contribution >= 4 is 21.7 Å². The van der Waals surface area contributed by atoms with Gasteiger partial charge in [0.1, 0.15) is 0 Å². The predicted molar refractivity (Wildman–Crippen MR) is 76.3 cm³/mol. The summed E-state index contributed by atoms with van der Waals surface area (Å²) in [6.45, 7) is 0. The highest BCUT2D eigenvalue weighted by Gasteiger charge is 2.30. The lowest BCUT2D eigenvalue weighted by molar-refractivity contribution is -0.142. The van der Waals surface area contributed by atoms with Gasteiger partial charge in [-0.05, 0) is 17.9 Å². The standard InChI is InChI=1S/C14H17NO5S/c16-12(8-10-6-7-21(19,20)9-10)15-13(14(17)18)11-4-2-1-3-5-11/h1-5,10,13H,6-9H2,(H,15,16)(H,17,18). The van der Waals surface area contributed by atoms with Crippen molar-refractivity contribution < 1.29 is 23.1 Å². The fourth-order valence-electron chi connectivity index (χ4n) is 2.45. The Morgan fingerprint density at radius 2 is 1.95 bits per heavy atom. The van der Waals surface area contributed by atoms with Gasteiger partial charge in [-0.3, -0.25) is 4.79 Å². The van der Waals surface area contributed by atoms with Gasteiger partial charge in [-0.2, -0.15) is 0 Å². The zero-order valence-corrected chi connectivity index (χ0v) is 12.2. The molecule has 21 heavy (non-hydrogen) atoms. The van der Waals surface area contributed by atoms with E-state index in [1.807, 2.05) is 0 Å². The van der Waals surface area contributed by atoms with Crippen LogP contribution >= 0.6 is 0 Å². The molecule has 6 nitrogen and oxygen atoms in total. The van der Waals surface area contributed by atoms with E-state index in [0.29, 0.717) is 12.0 Å². The molecule has 7 heteroatoms. The number of aliphatic carboxylic acids is 1. The summed E-state index contributed by atoms with van der Waals surface area (Å²) >= 11 is 0. The number of amides is 1. The average molecular weight is 311 g/mol. The van der Waals surface area contributed by atoms with Gasteiger partial charge in [-0.15, -0.1) is 0 Å². The molecule has 2 N–H and O–H groups in total. The fourth-order valence-corrected chi connectivity index (χ4v) is 4.31. The van der Waals surface area contributed by atoms with Crippen LogP contribution in [0.4, 0.5) is 0 Å². The number of carboxylic acids is 1. The molecule has 0 spiro atoms. The van der Waals surface area contributed by atoms with Crippen LogP contribution in [0.15, 0.2) is 30.3 Å². The third kappa shape index (κ3) is 4.29. The predicted octanol–water partition coefficient (Wildman–Crippen LogP) is 0.753. The summed E-state index contributed by atoms with van der Waals surface area (Å²) in [6, 6.07) is 7.28. The van der Waals surface area contributed by atoms with E-state index >= 15 is 0 Å². The van der Waals surface area contributed by atoms with Crippen LogP contribution in [0.3, 0.4) is 0 Å². The molecular weight excluding hydrogens is 294 g/mol. The van der Waals surface area contributed by atoms with Crippen LogP contribution in [0.25, 0.3) is 0 Å². The minimum Gasteiger partial charge on any atom is -0.479 e. The molecule has 1 amide bonds. The highest BCUT2D eigenvalue weighted by atomic mass is 32.2. The lowest BCUT2D eigenvalue weighted by Crippen LogP contribution is -2.34. The summed E-state index contributed by atoms with van der Waals surface area (Å²) in [7, 11) is -3.03. The number of benzene rings is 1. The SMILES string of the molecule is O=C(CC1CCS(=O)(=O)C1)NC(C(=O)O)c1ccccc1. The number of hydrogen-bond acceptors (Lipinski definition) is 4. The van der Waals surface area contributed by atoms with Gasteiger partial charge >= 0.3 is 5.97 Å². The summed E-state index contributed by atoms with van der Waals surface area (Å²) < 4.78 is 22.7. The van der Waals surface area contributed by atoms with Crippen molar-refractivity contribution in [3.05, 3.63) is 35.9 Å². The van der Waals surface area contributed by atoms with Crippen molar-refractivity contribution in [3.63, 3.8) is 0 Å². The second-order valence-electron chi connectivity index (χ2n) is 5.22. The van der Waals surface area contributed by atoms with Crippen molar-refractivity contribution in [2.45, 2.75) is 18.9 Å². The summed E-state index contributed by atoms with van der Waals surface area (Å²) in [5, 5.41) is 11.7. The van der Waals surface area contributed by atoms with Crippen LogP contribution in [0.1, 0.15) is 24.4 Å². The number of carbonyl (C=O) groups is 2. The molecule has 114 valence electrons. The fraction of sp³-hybridized carbons (Fsp3) is 0.429. The Kier molecular flexibility index (Phi) is 4.62. The Balaban J connectivity index is 1.98. The number of nitrogens with one attached hydrogen (secondary N) is 1. The normalized spacial score (nSPS) is 21.6. The van der Waals surface area contributed by atoms with Crippen molar-refractivity contribution in [1.29, 1.82) is 0 Å². The first-order valence-electron chi connectivity index (χ1n) is 6.65. The molecule has 0 saturated carbocycles. The van der Waals surface area contributed by atoms with Crippen molar-refractivity contribution in [1.82, 2.24) is 5.32 Å². The average Bonchev–Trinajstić information content (AvgIpc) is 2.76. The second kappa shape index (κ2) is 6.26. The lowest BCUT2D eigenvalue weighted by atomic mass is 10.0. The third-order valence-corrected chi connectivity index (χ3v) is 5.32. The Morgan fingerprint density at radius 3 is 2.48 bits per heavy atom. The molecule has 1 aromatic carbocycles. The van der Waals surface area contributed by atoms with E-state index in [4.69, 9.17) is 0 Å². The van der Waals surface area contributed by atoms with Gasteiger partial charge in [-0.25, -0.2) is 13.2 Å². The topological polar surface area (TPSA) is 101 Å². The summed E-state index contributed by atoms with van der Waals surface area (Å²) in [5.74, 6) is -1.70. The number of rotatable bonds is 5. The Labute approximate surface area is 123 Å². The van der Waals surface area contributed by atoms with Gasteiger partial charge < -0.3 is 10.4 Å². The number of sulfone groups is 1. The molecule has 0 radical (unpaired) electrons. The molecule has 0 aromatic heterocycles. The van der Waals surface area contributed by atoms with Gasteiger partial charge in [0.2, 0.25) is 5.91 Å². The Hall–Kier alpha value is -1.89. The van der Waals surface area contributed by atoms with E-state index < -0.39 is 27.8 Å². The van der Waals surface area contributed by atoms with E-state index in [-0.39, 0.29) is 23.8 Å². The molecule has 1 heterocycles. The van der Waals surface area contributed by atoms with Crippen LogP contribution < -0.4 is 5.32 Å². The molecule has 1 saturated heterocycles. The van der Waals surface area contributed by atoms with E-state index in [1.54, 1.807) is 30.3 Å². The molecule has 2 atom stereocenters. The van der Waals surface area contributed by atoms with Gasteiger partial charge in [0.05, 0.1) is 11.5 Å². The second-order valence-corrected chi connectivity index (χ2v) is 7.45. The molecule has 1 aliphatic rings. The number of hydrogen-bond donors (Lipinski definition) is 2. The van der Waals surface area contributed by atoms with Gasteiger partial charge in [0.25, 0.3) is 0 Å². The van der Waals surface area contributed by atoms with E-state index in [1.165, 1.54) is 0 Å². The third-order valence-electron chi connectivity index (χ3n) is 3.49. The summed E-state index contributed by atoms with van der Waals surface area (Å²) in [5.41, 5.74) is 0.484. The van der Waals surface area contributed by atoms with E-state index in [9.17, 15) is 23.1 Å². The largest absolute Gasteiger partial charge is 0.479 e. The van der Waals surface area contributed by atoms with E-state index in [2.05, 4.69) is 5.32 Å². The maximum Gasteiger partial charge on any atom is 0.330 e. The van der Waals surface area contributed by atoms with E-state index in [0.717, 1.165) is 0 Å². The first-order chi connectivity index (χ1) is 9.87. The molecule has 0 bridgehead atoms. The van der Waals surface area contributed by atoms with Crippen LogP contribution in [-0.4, -0.2) is 36.9 Å². The highest BCUT2D eigenvalue weighted by molar-refractivity contribution is 7.91. The van der Waals surface area contributed by atoms with Gasteiger partial charge in [-0.1, -0.05) is 30.3 Å². The maximum atomic E-state index is 11.9. The number of carboxylic acid groups (broad SMARTS) is 1. The van der Waals surface area contributed by atoms with Crippen LogP contribution in [0.5, 0.6) is 0 Å². The minimum atomic E-state index is -3.03. The zero-order chi connectivity index (χ0) is 15.5. The minimum absolute atomic E-state index is 0.00347. The van der Waals surface area contributed by atoms with Crippen molar-refractivity contribution in [2.75, 3.05) is 11.5 Å². The Bertz CT molecular complexity index is 626. The number of carbonyl (C=O) groups excluding carboxylic acids is 1. The molecule has 1 aromatic rings. The first-order valence-corrected chi connectivity index (χ1v) is 8.47. The van der Waals surface area contributed by atoms with Crippen LogP contribution in [-0.2, 0) is 19.4 Å².